The molecule has 1 unspecified atom stereocenters. The Bertz CT molecular complexity index is 822. The van der Waals surface area contributed by atoms with E-state index in [9.17, 15) is 5.11 Å². The molecule has 2 aliphatic heterocycles. The van der Waals surface area contributed by atoms with Crippen LogP contribution in [0.4, 0.5) is 0 Å². The van der Waals surface area contributed by atoms with Gasteiger partial charge in [0, 0.05) is 23.1 Å². The average Bonchev–Trinajstić information content (AvgIpc) is 3.44. The summed E-state index contributed by atoms with van der Waals surface area (Å²) in [6.45, 7) is 9.94. The summed E-state index contributed by atoms with van der Waals surface area (Å²) in [5, 5.41) is 15.7. The van der Waals surface area contributed by atoms with E-state index in [-0.39, 0.29) is 6.10 Å². The van der Waals surface area contributed by atoms with Crippen molar-refractivity contribution in [1.82, 2.24) is 9.80 Å². The predicted molar refractivity (Wildman–Crippen MR) is 144 cm³/mol. The molecule has 2 saturated heterocycles. The molecular formula is C27H40Cl2N2OS. The molecule has 1 aromatic heterocycles. The van der Waals surface area contributed by atoms with Gasteiger partial charge in [-0.2, -0.15) is 11.3 Å². The van der Waals surface area contributed by atoms with Crippen molar-refractivity contribution in [2.24, 2.45) is 11.8 Å². The molecule has 1 N–H and O–H groups in total. The van der Waals surface area contributed by atoms with E-state index in [4.69, 9.17) is 23.2 Å². The lowest BCUT2D eigenvalue weighted by molar-refractivity contribution is 0.0981. The van der Waals surface area contributed by atoms with Crippen molar-refractivity contribution in [2.45, 2.75) is 64.5 Å². The van der Waals surface area contributed by atoms with E-state index >= 15 is 0 Å². The number of nitrogens with zero attached hydrogens (tertiary/aromatic N) is 2. The lowest BCUT2D eigenvalue weighted by Gasteiger charge is -2.30. The molecule has 2 aliphatic rings. The van der Waals surface area contributed by atoms with Gasteiger partial charge in [-0.05, 0) is 117 Å². The van der Waals surface area contributed by atoms with Crippen LogP contribution < -0.4 is 0 Å². The monoisotopic (exact) mass is 510 g/mol. The molecule has 2 aromatic rings. The highest BCUT2D eigenvalue weighted by Crippen LogP contribution is 2.31. The number of aliphatic hydroxyl groups excluding tert-OH is 1. The summed E-state index contributed by atoms with van der Waals surface area (Å²) in [7, 11) is 2.18. The van der Waals surface area contributed by atoms with E-state index in [1.54, 1.807) is 11.3 Å². The van der Waals surface area contributed by atoms with Crippen LogP contribution in [0, 0.1) is 11.8 Å². The fraction of sp³-hybridized carbons (Fsp3) is 0.630. The first kappa shape index (κ1) is 27.0. The number of aliphatic hydroxyl groups is 1. The van der Waals surface area contributed by atoms with Crippen LogP contribution in [0.15, 0.2) is 35.0 Å². The topological polar surface area (TPSA) is 26.7 Å². The van der Waals surface area contributed by atoms with Crippen molar-refractivity contribution in [1.29, 1.82) is 0 Å². The second-order valence-electron chi connectivity index (χ2n) is 10.3. The Morgan fingerprint density at radius 3 is 2.48 bits per heavy atom. The van der Waals surface area contributed by atoms with Crippen LogP contribution in [0.25, 0.3) is 0 Å². The van der Waals surface area contributed by atoms with E-state index < -0.39 is 0 Å². The Morgan fingerprint density at radius 1 is 1.09 bits per heavy atom. The highest BCUT2D eigenvalue weighted by Gasteiger charge is 2.24. The quantitative estimate of drug-likeness (QED) is 0.427. The van der Waals surface area contributed by atoms with Gasteiger partial charge in [-0.25, -0.2) is 0 Å². The van der Waals surface area contributed by atoms with Gasteiger partial charge in [0.05, 0.1) is 6.10 Å². The minimum Gasteiger partial charge on any atom is -0.393 e. The number of rotatable bonds is 7. The molecule has 0 bridgehead atoms. The molecule has 33 heavy (non-hydrogen) atoms. The number of hydrogen-bond acceptors (Lipinski definition) is 4. The molecule has 0 spiro atoms. The molecule has 184 valence electrons. The van der Waals surface area contributed by atoms with E-state index in [1.807, 2.05) is 18.2 Å². The molecule has 2 fully saturated rings. The highest BCUT2D eigenvalue weighted by molar-refractivity contribution is 7.08. The summed E-state index contributed by atoms with van der Waals surface area (Å²) in [6.07, 6.45) is 5.70. The van der Waals surface area contributed by atoms with Gasteiger partial charge in [0.15, 0.2) is 0 Å². The fourth-order valence-corrected chi connectivity index (χ4v) is 6.18. The molecule has 0 saturated carbocycles. The second kappa shape index (κ2) is 13.5. The third-order valence-corrected chi connectivity index (χ3v) is 8.17. The lowest BCUT2D eigenvalue weighted by Crippen LogP contribution is -2.31. The van der Waals surface area contributed by atoms with E-state index in [0.717, 1.165) is 49.0 Å². The standard InChI is InChI=1S/C15H15Cl2NS.C12H25NO/c16-14-2-1-12(15(17)7-14)9-18-5-3-11(8-18)13-4-6-19-10-13;1-10(2)8-12(14)9-11-4-6-13(3)7-5-11/h1-2,4,6-7,10-11H,3,5,8-9H2;10-12,14H,4-9H2,1-3H3/t11-;/m1./s1. The van der Waals surface area contributed by atoms with Gasteiger partial charge < -0.3 is 10.0 Å². The maximum absolute atomic E-state index is 9.82. The van der Waals surface area contributed by atoms with Crippen LogP contribution in [0.1, 0.15) is 63.0 Å². The van der Waals surface area contributed by atoms with Gasteiger partial charge in [0.1, 0.15) is 0 Å². The van der Waals surface area contributed by atoms with Gasteiger partial charge in [-0.15, -0.1) is 0 Å². The van der Waals surface area contributed by atoms with Crippen molar-refractivity contribution in [2.75, 3.05) is 33.2 Å². The normalized spacial score (nSPS) is 21.2. The summed E-state index contributed by atoms with van der Waals surface area (Å²) in [5.41, 5.74) is 2.65. The lowest BCUT2D eigenvalue weighted by atomic mass is 9.89. The zero-order valence-corrected chi connectivity index (χ0v) is 22.7. The first-order valence-electron chi connectivity index (χ1n) is 12.3. The number of benzene rings is 1. The molecule has 0 amide bonds. The number of piperidine rings is 1. The second-order valence-corrected chi connectivity index (χ2v) is 11.9. The van der Waals surface area contributed by atoms with Crippen LogP contribution in [0.2, 0.25) is 10.0 Å². The summed E-state index contributed by atoms with van der Waals surface area (Å²) in [5.74, 6) is 2.06. The minimum absolute atomic E-state index is 0.0663. The molecule has 0 aliphatic carbocycles. The largest absolute Gasteiger partial charge is 0.393 e. The van der Waals surface area contributed by atoms with E-state index in [2.05, 4.69) is 47.5 Å². The average molecular weight is 512 g/mol. The van der Waals surface area contributed by atoms with Crippen LogP contribution in [0.3, 0.4) is 0 Å². The summed E-state index contributed by atoms with van der Waals surface area (Å²) in [6, 6.07) is 8.01. The minimum atomic E-state index is -0.0663. The SMILES string of the molecule is CC(C)CC(O)CC1CCN(C)CC1.Clc1ccc(CN2CC[C@@H](c3ccsc3)C2)c(Cl)c1. The maximum atomic E-state index is 9.82. The van der Waals surface area contributed by atoms with Crippen molar-refractivity contribution in [3.8, 4) is 0 Å². The Kier molecular flexibility index (Phi) is 11.0. The van der Waals surface area contributed by atoms with Crippen molar-refractivity contribution in [3.63, 3.8) is 0 Å². The summed E-state index contributed by atoms with van der Waals surface area (Å²) in [4.78, 5) is 4.85. The molecular weight excluding hydrogens is 471 g/mol. The Balaban J connectivity index is 0.000000196. The van der Waals surface area contributed by atoms with Crippen molar-refractivity contribution in [3.05, 3.63) is 56.2 Å². The van der Waals surface area contributed by atoms with Crippen molar-refractivity contribution < 1.29 is 5.11 Å². The van der Waals surface area contributed by atoms with Gasteiger partial charge >= 0.3 is 0 Å². The number of likely N-dealkylation sites (tertiary alicyclic amines) is 2. The number of thiophene rings is 1. The Morgan fingerprint density at radius 2 is 1.85 bits per heavy atom. The molecule has 3 nitrogen and oxygen atoms in total. The number of halogens is 2. The molecule has 0 radical (unpaired) electrons. The molecule has 4 rings (SSSR count). The Hall–Kier alpha value is -0.620. The smallest absolute Gasteiger partial charge is 0.0545 e. The van der Waals surface area contributed by atoms with Crippen molar-refractivity contribution >= 4 is 34.5 Å². The zero-order chi connectivity index (χ0) is 23.8. The zero-order valence-electron chi connectivity index (χ0n) is 20.4. The third-order valence-electron chi connectivity index (χ3n) is 6.88. The number of hydrogen-bond donors (Lipinski definition) is 1. The van der Waals surface area contributed by atoms with Crippen LogP contribution >= 0.6 is 34.5 Å². The van der Waals surface area contributed by atoms with E-state index in [0.29, 0.717) is 16.9 Å². The van der Waals surface area contributed by atoms with Gasteiger partial charge in [-0.3, -0.25) is 4.90 Å². The van der Waals surface area contributed by atoms with Gasteiger partial charge in [0.25, 0.3) is 0 Å². The fourth-order valence-electron chi connectivity index (χ4n) is 4.97. The summed E-state index contributed by atoms with van der Waals surface area (Å²) >= 11 is 13.9. The highest BCUT2D eigenvalue weighted by atomic mass is 35.5. The Labute approximate surface area is 214 Å². The van der Waals surface area contributed by atoms with Crippen LogP contribution in [-0.2, 0) is 6.54 Å². The molecule has 6 heteroatoms. The molecule has 3 heterocycles. The third kappa shape index (κ3) is 9.16. The molecule has 1 aromatic carbocycles. The van der Waals surface area contributed by atoms with Gasteiger partial charge in [-0.1, -0.05) is 43.1 Å². The predicted octanol–water partition coefficient (Wildman–Crippen LogP) is 7.17. The van der Waals surface area contributed by atoms with Crippen LogP contribution in [-0.4, -0.2) is 54.2 Å². The van der Waals surface area contributed by atoms with Crippen LogP contribution in [0.5, 0.6) is 0 Å². The van der Waals surface area contributed by atoms with E-state index in [1.165, 1.54) is 37.9 Å². The van der Waals surface area contributed by atoms with Gasteiger partial charge in [0.2, 0.25) is 0 Å². The molecule has 2 atom stereocenters. The summed E-state index contributed by atoms with van der Waals surface area (Å²) < 4.78 is 0. The first-order valence-corrected chi connectivity index (χ1v) is 14.0. The first-order chi connectivity index (χ1) is 15.8. The maximum Gasteiger partial charge on any atom is 0.0545 e.